The van der Waals surface area contributed by atoms with E-state index < -0.39 is 24.6 Å². The number of aliphatic hydroxyl groups is 4. The second kappa shape index (κ2) is 10.4. The summed E-state index contributed by atoms with van der Waals surface area (Å²) in [5.41, 5.74) is 5.23. The molecular formula is C13H27NO7. The van der Waals surface area contributed by atoms with Crippen molar-refractivity contribution < 1.29 is 34.6 Å². The van der Waals surface area contributed by atoms with Crippen LogP contribution in [0.5, 0.6) is 0 Å². The van der Waals surface area contributed by atoms with Crippen LogP contribution in [0.15, 0.2) is 0 Å². The molecule has 0 aromatic rings. The van der Waals surface area contributed by atoms with Gasteiger partial charge in [0.15, 0.2) is 6.29 Å². The van der Waals surface area contributed by atoms with Gasteiger partial charge in [-0.15, -0.1) is 0 Å². The summed E-state index contributed by atoms with van der Waals surface area (Å²) in [7, 11) is 0. The Labute approximate surface area is 124 Å². The van der Waals surface area contributed by atoms with Crippen molar-refractivity contribution in [2.45, 2.75) is 50.0 Å². The van der Waals surface area contributed by atoms with Crippen molar-refractivity contribution in [1.29, 1.82) is 0 Å². The van der Waals surface area contributed by atoms with Crippen molar-refractivity contribution in [1.82, 2.24) is 0 Å². The Morgan fingerprint density at radius 2 is 2.00 bits per heavy atom. The number of aliphatic hydroxyl groups excluding tert-OH is 4. The summed E-state index contributed by atoms with van der Waals surface area (Å²) in [5, 5.41) is 36.4. The zero-order valence-corrected chi connectivity index (χ0v) is 12.1. The third-order valence-corrected chi connectivity index (χ3v) is 3.27. The van der Waals surface area contributed by atoms with Gasteiger partial charge in [-0.25, -0.2) is 0 Å². The molecule has 5 atom stereocenters. The van der Waals surface area contributed by atoms with Gasteiger partial charge >= 0.3 is 0 Å². The molecule has 0 amide bonds. The maximum atomic E-state index is 9.40. The van der Waals surface area contributed by atoms with E-state index in [1.165, 1.54) is 0 Å². The molecule has 2 aliphatic heterocycles. The van der Waals surface area contributed by atoms with Crippen molar-refractivity contribution in [3.8, 4) is 0 Å². The van der Waals surface area contributed by atoms with Crippen LogP contribution in [0, 0.1) is 0 Å². The molecule has 126 valence electrons. The zero-order valence-electron chi connectivity index (χ0n) is 12.1. The summed E-state index contributed by atoms with van der Waals surface area (Å²) in [6, 6.07) is 0. The molecule has 8 heteroatoms. The molecule has 0 saturated carbocycles. The molecular weight excluding hydrogens is 282 g/mol. The summed E-state index contributed by atoms with van der Waals surface area (Å²) in [6.07, 6.45) is -1.44. The SMILES string of the molecule is NCCO[C@@H]1CC(O)[C@H](O)C(CO)O1.OC1CCCOC1. The third-order valence-electron chi connectivity index (χ3n) is 3.27. The summed E-state index contributed by atoms with van der Waals surface area (Å²) in [4.78, 5) is 0. The van der Waals surface area contributed by atoms with Crippen LogP contribution in [-0.2, 0) is 14.2 Å². The van der Waals surface area contributed by atoms with Crippen LogP contribution in [0.3, 0.4) is 0 Å². The lowest BCUT2D eigenvalue weighted by atomic mass is 10.0. The second-order valence-electron chi connectivity index (χ2n) is 5.11. The van der Waals surface area contributed by atoms with Gasteiger partial charge in [-0.05, 0) is 12.8 Å². The van der Waals surface area contributed by atoms with E-state index in [1.807, 2.05) is 0 Å². The van der Waals surface area contributed by atoms with Crippen molar-refractivity contribution in [3.05, 3.63) is 0 Å². The molecule has 21 heavy (non-hydrogen) atoms. The molecule has 3 unspecified atom stereocenters. The number of hydrogen-bond donors (Lipinski definition) is 5. The normalized spacial score (nSPS) is 36.7. The lowest BCUT2D eigenvalue weighted by Gasteiger charge is -2.35. The Morgan fingerprint density at radius 1 is 1.24 bits per heavy atom. The molecule has 2 aliphatic rings. The van der Waals surface area contributed by atoms with Gasteiger partial charge in [-0.2, -0.15) is 0 Å². The topological polar surface area (TPSA) is 135 Å². The van der Waals surface area contributed by atoms with E-state index in [2.05, 4.69) is 0 Å². The highest BCUT2D eigenvalue weighted by atomic mass is 16.7. The fourth-order valence-electron chi connectivity index (χ4n) is 2.10. The van der Waals surface area contributed by atoms with Gasteiger partial charge in [-0.3, -0.25) is 0 Å². The average Bonchev–Trinajstić information content (AvgIpc) is 2.49. The predicted molar refractivity (Wildman–Crippen MR) is 73.4 cm³/mol. The first-order chi connectivity index (χ1) is 10.1. The molecule has 2 heterocycles. The lowest BCUT2D eigenvalue weighted by Crippen LogP contribution is -2.50. The molecule has 8 nitrogen and oxygen atoms in total. The largest absolute Gasteiger partial charge is 0.394 e. The quantitative estimate of drug-likeness (QED) is 0.400. The maximum Gasteiger partial charge on any atom is 0.160 e. The number of hydrogen-bond acceptors (Lipinski definition) is 8. The van der Waals surface area contributed by atoms with Crippen molar-refractivity contribution in [3.63, 3.8) is 0 Å². The van der Waals surface area contributed by atoms with Crippen LogP contribution in [0.2, 0.25) is 0 Å². The smallest absolute Gasteiger partial charge is 0.160 e. The first-order valence-corrected chi connectivity index (χ1v) is 7.28. The zero-order chi connectivity index (χ0) is 15.7. The Bertz CT molecular complexity index is 263. The minimum Gasteiger partial charge on any atom is -0.394 e. The molecule has 2 saturated heterocycles. The van der Waals surface area contributed by atoms with Crippen LogP contribution in [0.1, 0.15) is 19.3 Å². The molecule has 0 aromatic carbocycles. The van der Waals surface area contributed by atoms with Gasteiger partial charge in [0.2, 0.25) is 0 Å². The van der Waals surface area contributed by atoms with E-state index in [0.717, 1.165) is 19.4 Å². The fourth-order valence-corrected chi connectivity index (χ4v) is 2.10. The maximum absolute atomic E-state index is 9.40. The van der Waals surface area contributed by atoms with Gasteiger partial charge in [0.1, 0.15) is 12.2 Å². The van der Waals surface area contributed by atoms with Gasteiger partial charge < -0.3 is 40.4 Å². The highest BCUT2D eigenvalue weighted by molar-refractivity contribution is 4.82. The number of nitrogens with two attached hydrogens (primary N) is 1. The minimum absolute atomic E-state index is 0.186. The standard InChI is InChI=1S/C8H17NO5.C5H10O2/c9-1-2-13-7-3-5(11)8(12)6(4-10)14-7;6-5-2-1-3-7-4-5/h5-8,10-12H,1-4,9H2;5-6H,1-4H2/t5?,6?,7-,8-;/m0./s1. The molecule has 0 aromatic heterocycles. The van der Waals surface area contributed by atoms with Crippen molar-refractivity contribution in [2.75, 3.05) is 33.0 Å². The number of ether oxygens (including phenoxy) is 3. The minimum atomic E-state index is -1.06. The molecule has 2 fully saturated rings. The Hall–Kier alpha value is -0.320. The van der Waals surface area contributed by atoms with Crippen LogP contribution in [0.25, 0.3) is 0 Å². The van der Waals surface area contributed by atoms with Gasteiger partial charge in [0.25, 0.3) is 0 Å². The van der Waals surface area contributed by atoms with Crippen LogP contribution in [-0.4, -0.2) is 84.1 Å². The van der Waals surface area contributed by atoms with Gasteiger partial charge in [0.05, 0.1) is 32.0 Å². The molecule has 0 radical (unpaired) electrons. The van der Waals surface area contributed by atoms with E-state index in [9.17, 15) is 10.2 Å². The molecule has 6 N–H and O–H groups in total. The fraction of sp³-hybridized carbons (Fsp3) is 1.00. The third kappa shape index (κ3) is 6.98. The monoisotopic (exact) mass is 309 g/mol. The second-order valence-corrected chi connectivity index (χ2v) is 5.11. The van der Waals surface area contributed by atoms with Gasteiger partial charge in [0, 0.05) is 19.6 Å². The highest BCUT2D eigenvalue weighted by Crippen LogP contribution is 2.20. The van der Waals surface area contributed by atoms with E-state index >= 15 is 0 Å². The molecule has 2 rings (SSSR count). The summed E-state index contributed by atoms with van der Waals surface area (Å²) in [6.45, 7) is 1.71. The first-order valence-electron chi connectivity index (χ1n) is 7.28. The van der Waals surface area contributed by atoms with Crippen molar-refractivity contribution in [2.24, 2.45) is 5.73 Å². The van der Waals surface area contributed by atoms with E-state index in [0.29, 0.717) is 19.8 Å². The number of rotatable bonds is 4. The van der Waals surface area contributed by atoms with Gasteiger partial charge in [-0.1, -0.05) is 0 Å². The van der Waals surface area contributed by atoms with Crippen LogP contribution < -0.4 is 5.73 Å². The Balaban J connectivity index is 0.000000262. The van der Waals surface area contributed by atoms with Crippen LogP contribution in [0.4, 0.5) is 0 Å². The first kappa shape index (κ1) is 18.7. The molecule has 0 aliphatic carbocycles. The molecule has 0 spiro atoms. The highest BCUT2D eigenvalue weighted by Gasteiger charge is 2.36. The van der Waals surface area contributed by atoms with E-state index in [-0.39, 0.29) is 19.1 Å². The average molecular weight is 309 g/mol. The van der Waals surface area contributed by atoms with Crippen LogP contribution >= 0.6 is 0 Å². The Morgan fingerprint density at radius 3 is 2.48 bits per heavy atom. The van der Waals surface area contributed by atoms with E-state index in [4.69, 9.17) is 30.2 Å². The van der Waals surface area contributed by atoms with E-state index in [1.54, 1.807) is 0 Å². The summed E-state index contributed by atoms with van der Waals surface area (Å²) < 4.78 is 15.3. The Kier molecular flexibility index (Phi) is 9.29. The predicted octanol–water partition coefficient (Wildman–Crippen LogP) is -2.05. The lowest BCUT2D eigenvalue weighted by molar-refractivity contribution is -0.255. The van der Waals surface area contributed by atoms with Crippen molar-refractivity contribution >= 4 is 0 Å². The molecule has 0 bridgehead atoms. The summed E-state index contributed by atoms with van der Waals surface area (Å²) in [5.74, 6) is 0. The summed E-state index contributed by atoms with van der Waals surface area (Å²) >= 11 is 0.